The Kier molecular flexibility index (Phi) is 3.90. The minimum absolute atomic E-state index is 0.104. The van der Waals surface area contributed by atoms with Crippen LogP contribution in [0.4, 0.5) is 11.9 Å². The zero-order valence-corrected chi connectivity index (χ0v) is 13.8. The lowest BCUT2D eigenvalue weighted by Crippen LogP contribution is -2.06. The summed E-state index contributed by atoms with van der Waals surface area (Å²) in [6.07, 6.45) is 1.59. The third kappa shape index (κ3) is 3.22. The van der Waals surface area contributed by atoms with Gasteiger partial charge in [0.15, 0.2) is 11.6 Å². The van der Waals surface area contributed by atoms with Gasteiger partial charge in [0.05, 0.1) is 17.5 Å². The van der Waals surface area contributed by atoms with Crippen LogP contribution in [0.15, 0.2) is 52.1 Å². The quantitative estimate of drug-likeness (QED) is 0.420. The van der Waals surface area contributed by atoms with E-state index in [0.29, 0.717) is 23.2 Å². The van der Waals surface area contributed by atoms with Crippen molar-refractivity contribution >= 4 is 34.6 Å². The number of nitrogens with zero attached hydrogens (tertiary/aromatic N) is 5. The van der Waals surface area contributed by atoms with Crippen LogP contribution in [0.3, 0.4) is 0 Å². The fourth-order valence-electron chi connectivity index (χ4n) is 2.33. The Morgan fingerprint density at radius 2 is 1.68 bits per heavy atom. The molecule has 0 aliphatic rings. The third-order valence-electron chi connectivity index (χ3n) is 3.36. The molecule has 0 radical (unpaired) electrons. The smallest absolute Gasteiger partial charge is 0.225 e. The molecule has 0 bridgehead atoms. The van der Waals surface area contributed by atoms with Crippen LogP contribution in [0.2, 0.25) is 0 Å². The molecular weight excluding hydrogens is 338 g/mol. The fraction of sp³-hybridized carbons (Fsp3) is 0.0625. The summed E-state index contributed by atoms with van der Waals surface area (Å²) in [5.41, 5.74) is 12.1. The van der Waals surface area contributed by atoms with Gasteiger partial charge in [-0.25, -0.2) is 9.97 Å². The predicted molar refractivity (Wildman–Crippen MR) is 95.5 cm³/mol. The van der Waals surface area contributed by atoms with Gasteiger partial charge in [0.25, 0.3) is 0 Å². The van der Waals surface area contributed by atoms with E-state index >= 15 is 0 Å². The Hall–Kier alpha value is -3.20. The molecule has 0 fully saturated rings. The van der Waals surface area contributed by atoms with E-state index in [0.717, 1.165) is 15.9 Å². The lowest BCUT2D eigenvalue weighted by Gasteiger charge is -2.07. The molecule has 3 heterocycles. The van der Waals surface area contributed by atoms with Crippen molar-refractivity contribution < 1.29 is 4.42 Å². The van der Waals surface area contributed by atoms with Crippen molar-refractivity contribution in [3.8, 4) is 11.6 Å². The molecule has 124 valence electrons. The van der Waals surface area contributed by atoms with Crippen LogP contribution in [0.5, 0.6) is 0 Å². The maximum atomic E-state index is 5.62. The summed E-state index contributed by atoms with van der Waals surface area (Å²) in [5, 5.41) is 1.74. The Morgan fingerprint density at radius 3 is 2.44 bits per heavy atom. The second kappa shape index (κ2) is 6.36. The molecular formula is C16H13N7OS. The standard InChI is InChI=1S/C16H13N7OS/c17-15-20-12(21-16(18)23-15)8-25-14-9-4-1-2-5-10(9)19-13(22-14)11-6-3-7-24-11/h1-7H,8H2,(H4,17,18,20,21,23). The number of aromatic nitrogens is 5. The molecule has 4 N–H and O–H groups in total. The molecule has 1 aromatic carbocycles. The van der Waals surface area contributed by atoms with Gasteiger partial charge in [-0.2, -0.15) is 15.0 Å². The van der Waals surface area contributed by atoms with Gasteiger partial charge in [0.1, 0.15) is 10.9 Å². The van der Waals surface area contributed by atoms with Crippen LogP contribution in [-0.2, 0) is 5.75 Å². The van der Waals surface area contributed by atoms with Gasteiger partial charge in [0.2, 0.25) is 11.9 Å². The summed E-state index contributed by atoms with van der Waals surface area (Å²) in [6, 6.07) is 11.4. The average molecular weight is 351 g/mol. The van der Waals surface area contributed by atoms with Gasteiger partial charge < -0.3 is 15.9 Å². The van der Waals surface area contributed by atoms with Crippen molar-refractivity contribution in [3.63, 3.8) is 0 Å². The van der Waals surface area contributed by atoms with Crippen LogP contribution in [0, 0.1) is 0 Å². The van der Waals surface area contributed by atoms with Gasteiger partial charge in [-0.3, -0.25) is 0 Å². The highest BCUT2D eigenvalue weighted by molar-refractivity contribution is 7.98. The van der Waals surface area contributed by atoms with Gasteiger partial charge >= 0.3 is 0 Å². The van der Waals surface area contributed by atoms with E-state index < -0.39 is 0 Å². The number of benzene rings is 1. The maximum absolute atomic E-state index is 5.62. The first-order valence-electron chi connectivity index (χ1n) is 7.38. The lowest BCUT2D eigenvalue weighted by molar-refractivity contribution is 0.577. The number of para-hydroxylation sites is 1. The molecule has 0 amide bonds. The minimum Gasteiger partial charge on any atom is -0.461 e. The number of nitrogen functional groups attached to an aromatic ring is 2. The average Bonchev–Trinajstić information content (AvgIpc) is 3.13. The van der Waals surface area contributed by atoms with Crippen LogP contribution >= 0.6 is 11.8 Å². The van der Waals surface area contributed by atoms with Gasteiger partial charge in [0, 0.05) is 5.39 Å². The Morgan fingerprint density at radius 1 is 0.880 bits per heavy atom. The number of rotatable bonds is 4. The van der Waals surface area contributed by atoms with E-state index in [1.807, 2.05) is 30.3 Å². The van der Waals surface area contributed by atoms with Crippen LogP contribution in [0.25, 0.3) is 22.5 Å². The van der Waals surface area contributed by atoms with E-state index in [-0.39, 0.29) is 11.9 Å². The summed E-state index contributed by atoms with van der Waals surface area (Å²) < 4.78 is 5.42. The second-order valence-corrected chi connectivity index (χ2v) is 6.07. The third-order valence-corrected chi connectivity index (χ3v) is 4.35. The summed E-state index contributed by atoms with van der Waals surface area (Å²) >= 11 is 1.48. The van der Waals surface area contributed by atoms with Gasteiger partial charge in [-0.1, -0.05) is 30.0 Å². The Balaban J connectivity index is 1.72. The van der Waals surface area contributed by atoms with Crippen molar-refractivity contribution in [1.29, 1.82) is 0 Å². The normalized spacial score (nSPS) is 11.0. The molecule has 0 aliphatic carbocycles. The van der Waals surface area contributed by atoms with Crippen molar-refractivity contribution in [1.82, 2.24) is 24.9 Å². The maximum Gasteiger partial charge on any atom is 0.225 e. The Labute approximate surface area is 146 Å². The van der Waals surface area contributed by atoms with E-state index in [1.165, 1.54) is 11.8 Å². The summed E-state index contributed by atoms with van der Waals surface area (Å²) in [5.74, 6) is 2.30. The zero-order chi connectivity index (χ0) is 17.2. The Bertz CT molecular complexity index is 1020. The van der Waals surface area contributed by atoms with E-state index in [1.54, 1.807) is 12.3 Å². The number of hydrogen-bond acceptors (Lipinski definition) is 9. The van der Waals surface area contributed by atoms with Gasteiger partial charge in [-0.15, -0.1) is 0 Å². The monoisotopic (exact) mass is 351 g/mol. The number of anilines is 2. The summed E-state index contributed by atoms with van der Waals surface area (Å²) in [4.78, 5) is 21.2. The van der Waals surface area contributed by atoms with Gasteiger partial charge in [-0.05, 0) is 18.2 Å². The second-order valence-electron chi connectivity index (χ2n) is 5.10. The number of nitrogens with two attached hydrogens (primary N) is 2. The van der Waals surface area contributed by atoms with Crippen molar-refractivity contribution in [2.75, 3.05) is 11.5 Å². The molecule has 4 aromatic rings. The fourth-order valence-corrected chi connectivity index (χ4v) is 3.20. The highest BCUT2D eigenvalue weighted by Crippen LogP contribution is 2.30. The predicted octanol–water partition coefficient (Wildman–Crippen LogP) is 2.53. The molecule has 0 saturated heterocycles. The van der Waals surface area contributed by atoms with E-state index in [2.05, 4.69) is 24.9 Å². The molecule has 0 atom stereocenters. The summed E-state index contributed by atoms with van der Waals surface area (Å²) in [7, 11) is 0. The lowest BCUT2D eigenvalue weighted by atomic mass is 10.2. The minimum atomic E-state index is 0.104. The summed E-state index contributed by atoms with van der Waals surface area (Å²) in [6.45, 7) is 0. The molecule has 0 spiro atoms. The number of thioether (sulfide) groups is 1. The molecule has 3 aromatic heterocycles. The van der Waals surface area contributed by atoms with Crippen LogP contribution in [-0.4, -0.2) is 24.9 Å². The van der Waals surface area contributed by atoms with Crippen LogP contribution < -0.4 is 11.5 Å². The molecule has 8 nitrogen and oxygen atoms in total. The number of furan rings is 1. The highest BCUT2D eigenvalue weighted by Gasteiger charge is 2.12. The van der Waals surface area contributed by atoms with Crippen molar-refractivity contribution in [2.45, 2.75) is 10.8 Å². The number of fused-ring (bicyclic) bond motifs is 1. The molecule has 25 heavy (non-hydrogen) atoms. The van der Waals surface area contributed by atoms with Crippen LogP contribution in [0.1, 0.15) is 5.82 Å². The number of hydrogen-bond donors (Lipinski definition) is 2. The first kappa shape index (κ1) is 15.3. The molecule has 9 heteroatoms. The molecule has 0 saturated carbocycles. The topological polar surface area (TPSA) is 130 Å². The van der Waals surface area contributed by atoms with E-state index in [4.69, 9.17) is 15.9 Å². The van der Waals surface area contributed by atoms with E-state index in [9.17, 15) is 0 Å². The molecule has 4 rings (SSSR count). The van der Waals surface area contributed by atoms with Crippen molar-refractivity contribution in [3.05, 3.63) is 48.5 Å². The molecule has 0 aliphatic heterocycles. The SMILES string of the molecule is Nc1nc(N)nc(CSc2nc(-c3ccco3)nc3ccccc23)n1. The van der Waals surface area contributed by atoms with Crippen molar-refractivity contribution in [2.24, 2.45) is 0 Å². The first-order chi connectivity index (χ1) is 12.2. The highest BCUT2D eigenvalue weighted by atomic mass is 32.2. The largest absolute Gasteiger partial charge is 0.461 e. The molecule has 0 unspecified atom stereocenters. The zero-order valence-electron chi connectivity index (χ0n) is 13.0. The first-order valence-corrected chi connectivity index (χ1v) is 8.37.